The number of nitrogens with zero attached hydrogens (tertiary/aromatic N) is 2. The number of aromatic nitrogens is 1. The van der Waals surface area contributed by atoms with Gasteiger partial charge in [0.05, 0.1) is 0 Å². The first kappa shape index (κ1) is 16.4. The van der Waals surface area contributed by atoms with Crippen molar-refractivity contribution in [2.24, 2.45) is 5.92 Å². The van der Waals surface area contributed by atoms with E-state index in [1.165, 1.54) is 37.8 Å². The Labute approximate surface area is 130 Å². The summed E-state index contributed by atoms with van der Waals surface area (Å²) in [6.07, 6.45) is 10.0. The number of rotatable bonds is 8. The zero-order valence-corrected chi connectivity index (χ0v) is 13.7. The third kappa shape index (κ3) is 5.76. The SMILES string of the molecule is CCNC(CN(C)CCc1ccccn1)C1CCCCC1. The molecule has 0 radical (unpaired) electrons. The van der Waals surface area contributed by atoms with Crippen molar-refractivity contribution >= 4 is 0 Å². The second-order valence-electron chi connectivity index (χ2n) is 6.40. The van der Waals surface area contributed by atoms with Crippen LogP contribution in [0.2, 0.25) is 0 Å². The Morgan fingerprint density at radius 2 is 2.10 bits per heavy atom. The van der Waals surface area contributed by atoms with Gasteiger partial charge in [-0.1, -0.05) is 32.3 Å². The van der Waals surface area contributed by atoms with Crippen molar-refractivity contribution in [1.29, 1.82) is 0 Å². The highest BCUT2D eigenvalue weighted by Crippen LogP contribution is 2.26. The lowest BCUT2D eigenvalue weighted by Gasteiger charge is -2.33. The van der Waals surface area contributed by atoms with Crippen molar-refractivity contribution < 1.29 is 0 Å². The molecule has 1 unspecified atom stereocenters. The van der Waals surface area contributed by atoms with Crippen LogP contribution in [0.4, 0.5) is 0 Å². The van der Waals surface area contributed by atoms with Crippen LogP contribution in [0.1, 0.15) is 44.7 Å². The third-order valence-corrected chi connectivity index (χ3v) is 4.67. The van der Waals surface area contributed by atoms with E-state index in [9.17, 15) is 0 Å². The molecule has 0 amide bonds. The Morgan fingerprint density at radius 1 is 1.29 bits per heavy atom. The third-order valence-electron chi connectivity index (χ3n) is 4.67. The minimum Gasteiger partial charge on any atom is -0.313 e. The second kappa shape index (κ2) is 9.16. The summed E-state index contributed by atoms with van der Waals surface area (Å²) in [5, 5.41) is 3.72. The van der Waals surface area contributed by atoms with Crippen LogP contribution in [0.5, 0.6) is 0 Å². The molecule has 0 bridgehead atoms. The molecule has 2 rings (SSSR count). The molecule has 0 aliphatic heterocycles. The van der Waals surface area contributed by atoms with Gasteiger partial charge in [0.1, 0.15) is 0 Å². The summed E-state index contributed by atoms with van der Waals surface area (Å²) < 4.78 is 0. The average Bonchev–Trinajstić information content (AvgIpc) is 2.54. The lowest BCUT2D eigenvalue weighted by molar-refractivity contribution is 0.207. The fraction of sp³-hybridized carbons (Fsp3) is 0.722. The summed E-state index contributed by atoms with van der Waals surface area (Å²) in [5.74, 6) is 0.871. The minimum atomic E-state index is 0.657. The van der Waals surface area contributed by atoms with Crippen molar-refractivity contribution in [1.82, 2.24) is 15.2 Å². The van der Waals surface area contributed by atoms with E-state index in [4.69, 9.17) is 0 Å². The predicted molar refractivity (Wildman–Crippen MR) is 89.5 cm³/mol. The Kier molecular flexibility index (Phi) is 7.17. The number of nitrogens with one attached hydrogen (secondary N) is 1. The summed E-state index contributed by atoms with van der Waals surface area (Å²) in [6.45, 7) is 5.55. The van der Waals surface area contributed by atoms with E-state index >= 15 is 0 Å². The van der Waals surface area contributed by atoms with E-state index in [-0.39, 0.29) is 0 Å². The van der Waals surface area contributed by atoms with Gasteiger partial charge >= 0.3 is 0 Å². The van der Waals surface area contributed by atoms with Crippen LogP contribution < -0.4 is 5.32 Å². The molecule has 0 spiro atoms. The fourth-order valence-corrected chi connectivity index (χ4v) is 3.46. The zero-order valence-electron chi connectivity index (χ0n) is 13.7. The van der Waals surface area contributed by atoms with Crippen LogP contribution in [-0.4, -0.2) is 42.6 Å². The van der Waals surface area contributed by atoms with E-state index in [1.807, 2.05) is 12.3 Å². The molecule has 1 aliphatic carbocycles. The van der Waals surface area contributed by atoms with Crippen molar-refractivity contribution in [3.8, 4) is 0 Å². The molecule has 118 valence electrons. The second-order valence-corrected chi connectivity index (χ2v) is 6.40. The number of pyridine rings is 1. The Hall–Kier alpha value is -0.930. The van der Waals surface area contributed by atoms with E-state index < -0.39 is 0 Å². The lowest BCUT2D eigenvalue weighted by atomic mass is 9.83. The topological polar surface area (TPSA) is 28.2 Å². The molecule has 3 nitrogen and oxygen atoms in total. The molecule has 1 N–H and O–H groups in total. The molecule has 1 aromatic rings. The summed E-state index contributed by atoms with van der Waals surface area (Å²) in [4.78, 5) is 6.88. The van der Waals surface area contributed by atoms with Gasteiger partial charge in [-0.05, 0) is 44.5 Å². The molecule has 0 aromatic carbocycles. The highest BCUT2D eigenvalue weighted by Gasteiger charge is 2.23. The minimum absolute atomic E-state index is 0.657. The van der Waals surface area contributed by atoms with Crippen LogP contribution in [0.25, 0.3) is 0 Å². The summed E-state index contributed by atoms with van der Waals surface area (Å²) in [5.41, 5.74) is 1.20. The lowest BCUT2D eigenvalue weighted by Crippen LogP contribution is -2.45. The quantitative estimate of drug-likeness (QED) is 0.797. The molecule has 0 saturated heterocycles. The predicted octanol–water partition coefficient (Wildman–Crippen LogP) is 3.11. The first-order chi connectivity index (χ1) is 10.3. The summed E-state index contributed by atoms with van der Waals surface area (Å²) in [6, 6.07) is 6.84. The van der Waals surface area contributed by atoms with Gasteiger partial charge in [-0.15, -0.1) is 0 Å². The van der Waals surface area contributed by atoms with Gasteiger partial charge in [0, 0.05) is 37.4 Å². The highest BCUT2D eigenvalue weighted by atomic mass is 15.1. The van der Waals surface area contributed by atoms with E-state index in [1.54, 1.807) is 0 Å². The zero-order chi connectivity index (χ0) is 14.9. The van der Waals surface area contributed by atoms with E-state index in [2.05, 4.69) is 41.3 Å². The maximum absolute atomic E-state index is 4.41. The van der Waals surface area contributed by atoms with Gasteiger partial charge in [-0.3, -0.25) is 4.98 Å². The molecule has 1 saturated carbocycles. The maximum Gasteiger partial charge on any atom is 0.0416 e. The molecule has 1 aliphatic rings. The van der Waals surface area contributed by atoms with Gasteiger partial charge < -0.3 is 10.2 Å². The summed E-state index contributed by atoms with van der Waals surface area (Å²) in [7, 11) is 2.25. The molecule has 21 heavy (non-hydrogen) atoms. The molecule has 1 heterocycles. The Morgan fingerprint density at radius 3 is 2.76 bits per heavy atom. The average molecular weight is 289 g/mol. The van der Waals surface area contributed by atoms with Crippen LogP contribution in [0.3, 0.4) is 0 Å². The van der Waals surface area contributed by atoms with Crippen molar-refractivity contribution in [2.75, 3.05) is 26.7 Å². The van der Waals surface area contributed by atoms with Crippen LogP contribution >= 0.6 is 0 Å². The van der Waals surface area contributed by atoms with Crippen LogP contribution in [0.15, 0.2) is 24.4 Å². The smallest absolute Gasteiger partial charge is 0.0416 e. The van der Waals surface area contributed by atoms with Crippen LogP contribution in [0, 0.1) is 5.92 Å². The van der Waals surface area contributed by atoms with Gasteiger partial charge in [0.15, 0.2) is 0 Å². The maximum atomic E-state index is 4.41. The summed E-state index contributed by atoms with van der Waals surface area (Å²) >= 11 is 0. The standard InChI is InChI=1S/C18H31N3/c1-3-19-18(16-9-5-4-6-10-16)15-21(2)14-12-17-11-7-8-13-20-17/h7-8,11,13,16,18-19H,3-6,9-10,12,14-15H2,1-2H3. The molecule has 1 fully saturated rings. The van der Waals surface area contributed by atoms with E-state index in [0.717, 1.165) is 32.0 Å². The Bertz CT molecular complexity index is 373. The first-order valence-corrected chi connectivity index (χ1v) is 8.61. The van der Waals surface area contributed by atoms with Gasteiger partial charge in [-0.25, -0.2) is 0 Å². The van der Waals surface area contributed by atoms with Gasteiger partial charge in [0.2, 0.25) is 0 Å². The van der Waals surface area contributed by atoms with Gasteiger partial charge in [0.25, 0.3) is 0 Å². The molecule has 1 atom stereocenters. The molecular weight excluding hydrogens is 258 g/mol. The molecule has 1 aromatic heterocycles. The molecular formula is C18H31N3. The first-order valence-electron chi connectivity index (χ1n) is 8.61. The van der Waals surface area contributed by atoms with Crippen molar-refractivity contribution in [3.63, 3.8) is 0 Å². The highest BCUT2D eigenvalue weighted by molar-refractivity contribution is 5.03. The monoisotopic (exact) mass is 289 g/mol. The number of likely N-dealkylation sites (N-methyl/N-ethyl adjacent to an activating group) is 2. The van der Waals surface area contributed by atoms with Crippen molar-refractivity contribution in [3.05, 3.63) is 30.1 Å². The normalized spacial score (nSPS) is 18.0. The Balaban J connectivity index is 1.78. The van der Waals surface area contributed by atoms with E-state index in [0.29, 0.717) is 6.04 Å². The molecule has 3 heteroatoms. The van der Waals surface area contributed by atoms with Gasteiger partial charge in [-0.2, -0.15) is 0 Å². The number of hydrogen-bond acceptors (Lipinski definition) is 3. The van der Waals surface area contributed by atoms with Crippen molar-refractivity contribution in [2.45, 2.75) is 51.5 Å². The van der Waals surface area contributed by atoms with Crippen LogP contribution in [-0.2, 0) is 6.42 Å². The fourth-order valence-electron chi connectivity index (χ4n) is 3.46. The largest absolute Gasteiger partial charge is 0.313 e. The number of hydrogen-bond donors (Lipinski definition) is 1.